The van der Waals surface area contributed by atoms with Gasteiger partial charge in [0.15, 0.2) is 0 Å². The van der Waals surface area contributed by atoms with E-state index in [-0.39, 0.29) is 35.8 Å². The molecule has 1 saturated heterocycles. The number of nitrogens with zero attached hydrogens (tertiary/aromatic N) is 2. The standard InChI is InChI=1S/C22H24N4O8S/c1-12(34-22(30)23-3)18-16-10-17(35-9-8-24-13(2)27)19(25(16)20(18)28)21(29)33-11-14-4-6-15(7-5-14)26(31)32/h4-9,12,16,18H,10-11H2,1-3H3,(H,23,30)(H,24,27)/t12-,16+,18+/m0/s1. The number of amides is 3. The number of hydrogen-bond acceptors (Lipinski definition) is 9. The third kappa shape index (κ3) is 5.80. The van der Waals surface area contributed by atoms with Crippen LogP contribution in [0.2, 0.25) is 0 Å². The van der Waals surface area contributed by atoms with Crippen molar-refractivity contribution in [2.45, 2.75) is 39.0 Å². The Hall–Kier alpha value is -3.87. The Morgan fingerprint density at radius 2 is 2.00 bits per heavy atom. The van der Waals surface area contributed by atoms with Crippen LogP contribution in [0.5, 0.6) is 0 Å². The smallest absolute Gasteiger partial charge is 0.407 e. The van der Waals surface area contributed by atoms with E-state index < -0.39 is 29.0 Å². The summed E-state index contributed by atoms with van der Waals surface area (Å²) in [5.74, 6) is -1.98. The van der Waals surface area contributed by atoms with Crippen molar-refractivity contribution in [1.29, 1.82) is 0 Å². The third-order valence-electron chi connectivity index (χ3n) is 5.45. The zero-order valence-electron chi connectivity index (χ0n) is 19.2. The van der Waals surface area contributed by atoms with Crippen LogP contribution in [0.3, 0.4) is 0 Å². The molecule has 0 radical (unpaired) electrons. The molecule has 2 aliphatic heterocycles. The SMILES string of the molecule is CNC(=O)O[C@@H](C)[C@H]1C(=O)N2C(C(=O)OCc3ccc([N+](=O)[O-])cc3)=C(SC=CNC(C)=O)C[C@H]12. The van der Waals surface area contributed by atoms with E-state index in [0.717, 1.165) is 0 Å². The van der Waals surface area contributed by atoms with E-state index in [1.165, 1.54) is 61.1 Å². The molecule has 2 heterocycles. The van der Waals surface area contributed by atoms with Gasteiger partial charge in [0.2, 0.25) is 11.8 Å². The molecule has 0 aromatic heterocycles. The van der Waals surface area contributed by atoms with Gasteiger partial charge in [-0.15, -0.1) is 0 Å². The third-order valence-corrected chi connectivity index (χ3v) is 6.36. The highest BCUT2D eigenvalue weighted by Crippen LogP contribution is 2.48. The molecule has 186 valence electrons. The molecule has 1 aromatic carbocycles. The number of thioether (sulfide) groups is 1. The van der Waals surface area contributed by atoms with Gasteiger partial charge in [0.05, 0.1) is 16.9 Å². The molecule has 2 N–H and O–H groups in total. The molecule has 0 spiro atoms. The fourth-order valence-electron chi connectivity index (χ4n) is 3.81. The predicted molar refractivity (Wildman–Crippen MR) is 124 cm³/mol. The van der Waals surface area contributed by atoms with Crippen molar-refractivity contribution in [1.82, 2.24) is 15.5 Å². The van der Waals surface area contributed by atoms with Crippen molar-refractivity contribution in [3.63, 3.8) is 0 Å². The molecule has 0 unspecified atom stereocenters. The number of hydrogen-bond donors (Lipinski definition) is 2. The first-order chi connectivity index (χ1) is 16.6. The summed E-state index contributed by atoms with van der Waals surface area (Å²) in [7, 11) is 1.41. The molecule has 1 aromatic rings. The first-order valence-corrected chi connectivity index (χ1v) is 11.5. The molecule has 12 nitrogen and oxygen atoms in total. The maximum atomic E-state index is 13.0. The highest BCUT2D eigenvalue weighted by Gasteiger charge is 2.58. The van der Waals surface area contributed by atoms with Gasteiger partial charge in [0.25, 0.3) is 5.69 Å². The fourth-order valence-corrected chi connectivity index (χ4v) is 4.67. The van der Waals surface area contributed by atoms with Crippen LogP contribution in [-0.2, 0) is 30.5 Å². The van der Waals surface area contributed by atoms with Crippen LogP contribution in [0.1, 0.15) is 25.8 Å². The lowest BCUT2D eigenvalue weighted by Crippen LogP contribution is -2.62. The van der Waals surface area contributed by atoms with Crippen LogP contribution in [0.25, 0.3) is 0 Å². The molecule has 3 amide bonds. The van der Waals surface area contributed by atoms with Crippen molar-refractivity contribution >= 4 is 41.3 Å². The second kappa shape index (κ2) is 11.0. The molecule has 0 saturated carbocycles. The maximum Gasteiger partial charge on any atom is 0.407 e. The summed E-state index contributed by atoms with van der Waals surface area (Å²) in [5.41, 5.74) is 0.540. The fraction of sp³-hybridized carbons (Fsp3) is 0.364. The van der Waals surface area contributed by atoms with Crippen molar-refractivity contribution in [3.05, 3.63) is 62.2 Å². The normalized spacial score (nSPS) is 19.6. The number of esters is 1. The first-order valence-electron chi connectivity index (χ1n) is 10.6. The van der Waals surface area contributed by atoms with Gasteiger partial charge in [-0.05, 0) is 30.0 Å². The summed E-state index contributed by atoms with van der Waals surface area (Å²) in [6.45, 7) is 2.82. The zero-order chi connectivity index (χ0) is 25.7. The number of ether oxygens (including phenoxy) is 2. The number of carbonyl (C=O) groups is 4. The van der Waals surface area contributed by atoms with Gasteiger partial charge in [-0.1, -0.05) is 11.8 Å². The number of carbonyl (C=O) groups excluding carboxylic acids is 4. The van der Waals surface area contributed by atoms with E-state index in [1.807, 2.05) is 0 Å². The Morgan fingerprint density at radius 1 is 1.31 bits per heavy atom. The molecule has 1 fully saturated rings. The minimum absolute atomic E-state index is 0.0859. The number of rotatable bonds is 9. The van der Waals surface area contributed by atoms with E-state index in [0.29, 0.717) is 16.9 Å². The monoisotopic (exact) mass is 504 g/mol. The Balaban J connectivity index is 1.75. The number of benzene rings is 1. The highest BCUT2D eigenvalue weighted by atomic mass is 32.2. The van der Waals surface area contributed by atoms with Gasteiger partial charge < -0.3 is 25.0 Å². The largest absolute Gasteiger partial charge is 0.456 e. The van der Waals surface area contributed by atoms with Crippen molar-refractivity contribution in [2.24, 2.45) is 5.92 Å². The van der Waals surface area contributed by atoms with Gasteiger partial charge in [-0.25, -0.2) is 9.59 Å². The Bertz CT molecular complexity index is 1100. The summed E-state index contributed by atoms with van der Waals surface area (Å²) in [4.78, 5) is 60.8. The molecular weight excluding hydrogens is 480 g/mol. The van der Waals surface area contributed by atoms with Crippen LogP contribution in [0.4, 0.5) is 10.5 Å². The van der Waals surface area contributed by atoms with Gasteiger partial charge in [-0.3, -0.25) is 19.7 Å². The van der Waals surface area contributed by atoms with E-state index in [1.54, 1.807) is 12.3 Å². The molecular formula is C22H24N4O8S. The molecule has 3 rings (SSSR count). The summed E-state index contributed by atoms with van der Waals surface area (Å²) >= 11 is 1.17. The number of nitrogens with one attached hydrogen (secondary N) is 2. The van der Waals surface area contributed by atoms with E-state index in [4.69, 9.17) is 9.47 Å². The van der Waals surface area contributed by atoms with E-state index in [2.05, 4.69) is 10.6 Å². The van der Waals surface area contributed by atoms with Crippen molar-refractivity contribution < 1.29 is 33.6 Å². The van der Waals surface area contributed by atoms with Crippen molar-refractivity contribution in [2.75, 3.05) is 7.05 Å². The number of non-ortho nitro benzene ring substituents is 1. The minimum atomic E-state index is -0.729. The zero-order valence-corrected chi connectivity index (χ0v) is 20.0. The second-order valence-corrected chi connectivity index (χ2v) is 8.76. The maximum absolute atomic E-state index is 13.0. The number of nitro benzene ring substituents is 1. The number of alkyl carbamates (subject to hydrolysis) is 1. The average Bonchev–Trinajstić information content (AvgIpc) is 3.14. The van der Waals surface area contributed by atoms with E-state index >= 15 is 0 Å². The lowest BCUT2D eigenvalue weighted by atomic mass is 9.83. The van der Waals surface area contributed by atoms with Gasteiger partial charge in [0, 0.05) is 43.6 Å². The first kappa shape index (κ1) is 25.7. The Labute approximate surface area is 204 Å². The average molecular weight is 505 g/mol. The number of β-lactam (4-membered cyclic amide) rings is 1. The lowest BCUT2D eigenvalue weighted by Gasteiger charge is -2.45. The minimum Gasteiger partial charge on any atom is -0.456 e. The highest BCUT2D eigenvalue weighted by molar-refractivity contribution is 8.05. The van der Waals surface area contributed by atoms with Crippen molar-refractivity contribution in [3.8, 4) is 0 Å². The lowest BCUT2D eigenvalue weighted by molar-refractivity contribution is -0.384. The van der Waals surface area contributed by atoms with Crippen LogP contribution >= 0.6 is 11.8 Å². The summed E-state index contributed by atoms with van der Waals surface area (Å²) < 4.78 is 10.6. The van der Waals surface area contributed by atoms with Gasteiger partial charge in [-0.2, -0.15) is 0 Å². The molecule has 0 aliphatic carbocycles. The van der Waals surface area contributed by atoms with Gasteiger partial charge in [0.1, 0.15) is 18.4 Å². The van der Waals surface area contributed by atoms with Crippen LogP contribution in [0.15, 0.2) is 46.5 Å². The summed E-state index contributed by atoms with van der Waals surface area (Å²) in [6.07, 6.45) is 0.395. The number of fused-ring (bicyclic) bond motifs is 1. The Morgan fingerprint density at radius 3 is 2.60 bits per heavy atom. The number of nitro groups is 1. The topological polar surface area (TPSA) is 157 Å². The molecule has 35 heavy (non-hydrogen) atoms. The van der Waals surface area contributed by atoms with Crippen LogP contribution in [-0.4, -0.2) is 52.9 Å². The molecule has 2 aliphatic rings. The molecule has 0 bridgehead atoms. The predicted octanol–water partition coefficient (Wildman–Crippen LogP) is 2.17. The molecule has 3 atom stereocenters. The van der Waals surface area contributed by atoms with Crippen LogP contribution in [0, 0.1) is 16.0 Å². The van der Waals surface area contributed by atoms with Crippen LogP contribution < -0.4 is 10.6 Å². The van der Waals surface area contributed by atoms with Gasteiger partial charge >= 0.3 is 12.1 Å². The summed E-state index contributed by atoms with van der Waals surface area (Å²) in [6, 6.07) is 5.18. The Kier molecular flexibility index (Phi) is 8.12. The second-order valence-electron chi connectivity index (χ2n) is 7.76. The van der Waals surface area contributed by atoms with E-state index in [9.17, 15) is 29.3 Å². The summed E-state index contributed by atoms with van der Waals surface area (Å²) in [5, 5.41) is 17.2. The molecule has 13 heteroatoms. The quantitative estimate of drug-likeness (QED) is 0.222.